The molecule has 1 amide bonds. The van der Waals surface area contributed by atoms with Crippen LogP contribution >= 0.6 is 23.2 Å². The molecule has 22 heavy (non-hydrogen) atoms. The van der Waals surface area contributed by atoms with Gasteiger partial charge in [-0.25, -0.2) is 0 Å². The summed E-state index contributed by atoms with van der Waals surface area (Å²) in [5.74, 6) is -0.0330. The average Bonchev–Trinajstić information content (AvgIpc) is 2.83. The summed E-state index contributed by atoms with van der Waals surface area (Å²) in [7, 11) is 1.70. The lowest BCUT2D eigenvalue weighted by molar-refractivity contribution is -0.132. The SMILES string of the molecule is CN(CC1CCCC1O)C(=O)CC(O)c1cc(Cl)cc(Cl)c1. The summed E-state index contributed by atoms with van der Waals surface area (Å²) < 4.78 is 0. The third kappa shape index (κ3) is 4.59. The van der Waals surface area contributed by atoms with Crippen LogP contribution < -0.4 is 0 Å². The third-order valence-electron chi connectivity index (χ3n) is 4.19. The van der Waals surface area contributed by atoms with Crippen molar-refractivity contribution in [2.24, 2.45) is 5.92 Å². The van der Waals surface area contributed by atoms with Crippen molar-refractivity contribution in [2.45, 2.75) is 37.9 Å². The van der Waals surface area contributed by atoms with Gasteiger partial charge in [-0.2, -0.15) is 0 Å². The predicted molar refractivity (Wildman–Crippen MR) is 87.0 cm³/mol. The summed E-state index contributed by atoms with van der Waals surface area (Å²) in [6.07, 6.45) is 1.43. The Morgan fingerprint density at radius 2 is 1.95 bits per heavy atom. The second-order valence-electron chi connectivity index (χ2n) is 5.96. The van der Waals surface area contributed by atoms with Gasteiger partial charge in [-0.05, 0) is 36.6 Å². The lowest BCUT2D eigenvalue weighted by Gasteiger charge is -2.24. The summed E-state index contributed by atoms with van der Waals surface area (Å²) in [6, 6.07) is 4.78. The van der Waals surface area contributed by atoms with E-state index in [9.17, 15) is 15.0 Å². The minimum absolute atomic E-state index is 0.0318. The number of hydrogen-bond acceptors (Lipinski definition) is 3. The van der Waals surface area contributed by atoms with Crippen molar-refractivity contribution in [3.05, 3.63) is 33.8 Å². The zero-order valence-electron chi connectivity index (χ0n) is 12.5. The molecule has 3 unspecified atom stereocenters. The van der Waals surface area contributed by atoms with Crippen molar-refractivity contribution in [1.29, 1.82) is 0 Å². The number of halogens is 2. The Morgan fingerprint density at radius 3 is 2.50 bits per heavy atom. The van der Waals surface area contributed by atoms with Gasteiger partial charge in [-0.3, -0.25) is 4.79 Å². The molecule has 122 valence electrons. The molecule has 1 aromatic rings. The topological polar surface area (TPSA) is 60.8 Å². The zero-order chi connectivity index (χ0) is 16.3. The Bertz CT molecular complexity index is 518. The van der Waals surface area contributed by atoms with E-state index >= 15 is 0 Å². The Hall–Kier alpha value is -0.810. The number of carbonyl (C=O) groups excluding carboxylic acids is 1. The van der Waals surface area contributed by atoms with Gasteiger partial charge in [0.2, 0.25) is 5.91 Å². The summed E-state index contributed by atoms with van der Waals surface area (Å²) in [5.41, 5.74) is 0.528. The van der Waals surface area contributed by atoms with Crippen LogP contribution in [0.1, 0.15) is 37.4 Å². The third-order valence-corrected chi connectivity index (χ3v) is 4.63. The minimum Gasteiger partial charge on any atom is -0.393 e. The van der Waals surface area contributed by atoms with Gasteiger partial charge in [0.25, 0.3) is 0 Å². The van der Waals surface area contributed by atoms with Crippen LogP contribution in [-0.2, 0) is 4.79 Å². The van der Waals surface area contributed by atoms with Crippen molar-refractivity contribution < 1.29 is 15.0 Å². The molecule has 1 saturated carbocycles. The first-order valence-electron chi connectivity index (χ1n) is 7.43. The highest BCUT2D eigenvalue weighted by Crippen LogP contribution is 2.28. The number of nitrogens with zero attached hydrogens (tertiary/aromatic N) is 1. The molecule has 0 spiro atoms. The van der Waals surface area contributed by atoms with E-state index < -0.39 is 6.10 Å². The summed E-state index contributed by atoms with van der Waals surface area (Å²) in [6.45, 7) is 0.517. The van der Waals surface area contributed by atoms with Gasteiger partial charge in [0, 0.05) is 29.6 Å². The number of benzene rings is 1. The number of carbonyl (C=O) groups is 1. The monoisotopic (exact) mass is 345 g/mol. The molecule has 0 radical (unpaired) electrons. The van der Waals surface area contributed by atoms with Crippen molar-refractivity contribution in [2.75, 3.05) is 13.6 Å². The second-order valence-corrected chi connectivity index (χ2v) is 6.83. The quantitative estimate of drug-likeness (QED) is 0.862. The molecule has 0 aromatic heterocycles. The number of hydrogen-bond donors (Lipinski definition) is 2. The van der Waals surface area contributed by atoms with Gasteiger partial charge < -0.3 is 15.1 Å². The highest BCUT2D eigenvalue weighted by Gasteiger charge is 2.28. The van der Waals surface area contributed by atoms with Gasteiger partial charge in [0.15, 0.2) is 0 Å². The van der Waals surface area contributed by atoms with Crippen LogP contribution in [0.25, 0.3) is 0 Å². The van der Waals surface area contributed by atoms with E-state index in [1.54, 1.807) is 30.1 Å². The predicted octanol–water partition coefficient (Wildman–Crippen LogP) is 3.04. The molecule has 0 saturated heterocycles. The number of aliphatic hydroxyl groups excluding tert-OH is 2. The molecule has 0 heterocycles. The molecule has 0 bridgehead atoms. The van der Waals surface area contributed by atoms with Crippen LogP contribution in [0, 0.1) is 5.92 Å². The Balaban J connectivity index is 1.92. The lowest BCUT2D eigenvalue weighted by Crippen LogP contribution is -2.35. The molecule has 3 atom stereocenters. The summed E-state index contributed by atoms with van der Waals surface area (Å²) in [5, 5.41) is 20.9. The minimum atomic E-state index is -0.945. The summed E-state index contributed by atoms with van der Waals surface area (Å²) in [4.78, 5) is 13.8. The average molecular weight is 346 g/mol. The maximum Gasteiger partial charge on any atom is 0.225 e. The highest BCUT2D eigenvalue weighted by atomic mass is 35.5. The van der Waals surface area contributed by atoms with Crippen LogP contribution in [0.3, 0.4) is 0 Å². The standard InChI is InChI=1S/C16H21Cl2NO3/c1-19(9-10-3-2-4-14(10)20)16(22)8-15(21)11-5-12(17)7-13(18)6-11/h5-7,10,14-15,20-21H,2-4,8-9H2,1H3. The van der Waals surface area contributed by atoms with E-state index in [4.69, 9.17) is 23.2 Å². The lowest BCUT2D eigenvalue weighted by atomic mass is 10.0. The molecule has 1 aliphatic carbocycles. The van der Waals surface area contributed by atoms with Gasteiger partial charge in [-0.15, -0.1) is 0 Å². The fourth-order valence-electron chi connectivity index (χ4n) is 2.89. The highest BCUT2D eigenvalue weighted by molar-refractivity contribution is 6.34. The van der Waals surface area contributed by atoms with E-state index in [0.29, 0.717) is 22.2 Å². The molecular weight excluding hydrogens is 325 g/mol. The van der Waals surface area contributed by atoms with Crippen molar-refractivity contribution >= 4 is 29.1 Å². The second kappa shape index (κ2) is 7.64. The van der Waals surface area contributed by atoms with E-state index in [-0.39, 0.29) is 24.3 Å². The van der Waals surface area contributed by atoms with E-state index in [0.717, 1.165) is 19.3 Å². The molecular formula is C16H21Cl2NO3. The first-order valence-corrected chi connectivity index (χ1v) is 8.18. The number of amides is 1. The van der Waals surface area contributed by atoms with Crippen molar-refractivity contribution in [1.82, 2.24) is 4.90 Å². The molecule has 1 aromatic carbocycles. The van der Waals surface area contributed by atoms with E-state index in [1.807, 2.05) is 0 Å². The number of aliphatic hydroxyl groups is 2. The molecule has 1 fully saturated rings. The number of rotatable bonds is 5. The first kappa shape index (κ1) is 17.5. The molecule has 6 heteroatoms. The van der Waals surface area contributed by atoms with Crippen LogP contribution in [0.15, 0.2) is 18.2 Å². The zero-order valence-corrected chi connectivity index (χ0v) is 14.0. The van der Waals surface area contributed by atoms with Crippen LogP contribution in [0.5, 0.6) is 0 Å². The molecule has 0 aliphatic heterocycles. The molecule has 2 rings (SSSR count). The van der Waals surface area contributed by atoms with Crippen LogP contribution in [0.2, 0.25) is 10.0 Å². The first-order chi connectivity index (χ1) is 10.4. The smallest absolute Gasteiger partial charge is 0.225 e. The molecule has 2 N–H and O–H groups in total. The maximum atomic E-state index is 12.2. The Kier molecular flexibility index (Phi) is 6.09. The summed E-state index contributed by atoms with van der Waals surface area (Å²) >= 11 is 11.8. The molecule has 4 nitrogen and oxygen atoms in total. The van der Waals surface area contributed by atoms with E-state index in [1.165, 1.54) is 0 Å². The van der Waals surface area contributed by atoms with Gasteiger partial charge in [0.1, 0.15) is 0 Å². The Labute approximate surface area is 140 Å². The van der Waals surface area contributed by atoms with E-state index in [2.05, 4.69) is 0 Å². The normalized spacial score (nSPS) is 22.6. The van der Waals surface area contributed by atoms with Gasteiger partial charge >= 0.3 is 0 Å². The largest absolute Gasteiger partial charge is 0.393 e. The van der Waals surface area contributed by atoms with Crippen molar-refractivity contribution in [3.63, 3.8) is 0 Å². The Morgan fingerprint density at radius 1 is 1.32 bits per heavy atom. The van der Waals surface area contributed by atoms with Crippen LogP contribution in [0.4, 0.5) is 0 Å². The fourth-order valence-corrected chi connectivity index (χ4v) is 3.43. The van der Waals surface area contributed by atoms with Crippen LogP contribution in [-0.4, -0.2) is 40.7 Å². The fraction of sp³-hybridized carbons (Fsp3) is 0.562. The maximum absolute atomic E-state index is 12.2. The van der Waals surface area contributed by atoms with Gasteiger partial charge in [0.05, 0.1) is 18.6 Å². The van der Waals surface area contributed by atoms with Gasteiger partial charge in [-0.1, -0.05) is 29.6 Å². The van der Waals surface area contributed by atoms with Crippen molar-refractivity contribution in [3.8, 4) is 0 Å². The molecule has 1 aliphatic rings.